The third kappa shape index (κ3) is 1.82. The van der Waals surface area contributed by atoms with Crippen LogP contribution in [-0.4, -0.2) is 9.55 Å². The molecule has 0 aliphatic carbocycles. The number of nitrogens with two attached hydrogens (primary N) is 1. The van der Waals surface area contributed by atoms with Gasteiger partial charge in [0.05, 0.1) is 11.2 Å². The Balaban J connectivity index is 2.38. The number of halogens is 2. The van der Waals surface area contributed by atoms with Gasteiger partial charge in [-0.1, -0.05) is 17.7 Å². The first-order valence-electron chi connectivity index (χ1n) is 6.18. The van der Waals surface area contributed by atoms with Crippen LogP contribution in [0.5, 0.6) is 0 Å². The summed E-state index contributed by atoms with van der Waals surface area (Å²) in [6.07, 6.45) is 0. The Hall–Kier alpha value is -2.43. The number of hydrogen-bond acceptors (Lipinski definition) is 2. The second-order valence-electron chi connectivity index (χ2n) is 4.85. The maximum atomic E-state index is 13.7. The largest absolute Gasteiger partial charge is 0.369 e. The molecule has 3 aromatic rings. The third-order valence-electron chi connectivity index (χ3n) is 3.30. The molecule has 0 aliphatic rings. The number of nitrogen functional groups attached to an aromatic ring is 1. The SMILES string of the molecule is Cc1ccc(-n2c(N)nc3c(F)cc(F)cc32)c(C)c1. The van der Waals surface area contributed by atoms with Gasteiger partial charge in [0.15, 0.2) is 5.82 Å². The number of rotatable bonds is 1. The van der Waals surface area contributed by atoms with Gasteiger partial charge in [0.1, 0.15) is 11.3 Å². The Morgan fingerprint density at radius 1 is 1.10 bits per heavy atom. The Bertz CT molecular complexity index is 822. The van der Waals surface area contributed by atoms with Crippen LogP contribution in [0.2, 0.25) is 0 Å². The molecule has 0 spiro atoms. The monoisotopic (exact) mass is 273 g/mol. The summed E-state index contributed by atoms with van der Waals surface area (Å²) in [6.45, 7) is 3.90. The standard InChI is InChI=1S/C15H13F2N3/c1-8-3-4-12(9(2)5-8)20-13-7-10(16)6-11(17)14(13)19-15(20)18/h3-7H,1-2H3,(H2,18,19). The van der Waals surface area contributed by atoms with Crippen LogP contribution in [0.1, 0.15) is 11.1 Å². The molecule has 3 rings (SSSR count). The summed E-state index contributed by atoms with van der Waals surface area (Å²) in [7, 11) is 0. The molecule has 1 heterocycles. The van der Waals surface area contributed by atoms with Gasteiger partial charge in [0.25, 0.3) is 0 Å². The Morgan fingerprint density at radius 2 is 1.85 bits per heavy atom. The van der Waals surface area contributed by atoms with E-state index in [1.807, 2.05) is 32.0 Å². The number of nitrogens with zero attached hydrogens (tertiary/aromatic N) is 2. The van der Waals surface area contributed by atoms with E-state index < -0.39 is 11.6 Å². The van der Waals surface area contributed by atoms with E-state index in [1.54, 1.807) is 4.57 Å². The molecule has 102 valence electrons. The maximum absolute atomic E-state index is 13.7. The van der Waals surface area contributed by atoms with Crippen molar-refractivity contribution < 1.29 is 8.78 Å². The molecule has 0 saturated carbocycles. The molecule has 0 radical (unpaired) electrons. The highest BCUT2D eigenvalue weighted by Crippen LogP contribution is 2.27. The van der Waals surface area contributed by atoms with E-state index >= 15 is 0 Å². The van der Waals surface area contributed by atoms with Crippen molar-refractivity contribution in [1.29, 1.82) is 0 Å². The van der Waals surface area contributed by atoms with Crippen molar-refractivity contribution >= 4 is 17.0 Å². The van der Waals surface area contributed by atoms with E-state index in [0.717, 1.165) is 22.9 Å². The molecule has 0 bridgehead atoms. The van der Waals surface area contributed by atoms with E-state index in [1.165, 1.54) is 6.07 Å². The molecule has 0 unspecified atom stereocenters. The summed E-state index contributed by atoms with van der Waals surface area (Å²) in [6, 6.07) is 7.81. The predicted molar refractivity (Wildman–Crippen MR) is 74.9 cm³/mol. The topological polar surface area (TPSA) is 43.8 Å². The van der Waals surface area contributed by atoms with Crippen LogP contribution in [0.15, 0.2) is 30.3 Å². The number of hydrogen-bond donors (Lipinski definition) is 1. The first kappa shape index (κ1) is 12.6. The van der Waals surface area contributed by atoms with Crippen LogP contribution in [0.25, 0.3) is 16.7 Å². The molecule has 2 aromatic carbocycles. The molecule has 0 atom stereocenters. The Labute approximate surface area is 114 Å². The van der Waals surface area contributed by atoms with E-state index in [-0.39, 0.29) is 11.5 Å². The zero-order valence-corrected chi connectivity index (χ0v) is 11.1. The van der Waals surface area contributed by atoms with Gasteiger partial charge in [-0.2, -0.15) is 0 Å². The highest BCUT2D eigenvalue weighted by Gasteiger charge is 2.16. The number of aromatic nitrogens is 2. The molecular formula is C15H13F2N3. The molecule has 0 amide bonds. The highest BCUT2D eigenvalue weighted by atomic mass is 19.1. The van der Waals surface area contributed by atoms with E-state index in [9.17, 15) is 8.78 Å². The molecule has 3 nitrogen and oxygen atoms in total. The van der Waals surface area contributed by atoms with Crippen LogP contribution in [-0.2, 0) is 0 Å². The fraction of sp³-hybridized carbons (Fsp3) is 0.133. The fourth-order valence-electron chi connectivity index (χ4n) is 2.43. The molecule has 2 N–H and O–H groups in total. The molecule has 0 saturated heterocycles. The zero-order valence-electron chi connectivity index (χ0n) is 11.1. The summed E-state index contributed by atoms with van der Waals surface area (Å²) in [5.74, 6) is -1.23. The molecular weight excluding hydrogens is 260 g/mol. The normalized spacial score (nSPS) is 11.2. The molecule has 0 aliphatic heterocycles. The zero-order chi connectivity index (χ0) is 14.4. The molecule has 0 fully saturated rings. The minimum absolute atomic E-state index is 0.0730. The minimum atomic E-state index is -0.713. The lowest BCUT2D eigenvalue weighted by Crippen LogP contribution is -2.02. The average molecular weight is 273 g/mol. The van der Waals surface area contributed by atoms with Crippen LogP contribution in [0.3, 0.4) is 0 Å². The van der Waals surface area contributed by atoms with Gasteiger partial charge in [0, 0.05) is 12.1 Å². The van der Waals surface area contributed by atoms with Gasteiger partial charge >= 0.3 is 0 Å². The first-order valence-corrected chi connectivity index (χ1v) is 6.18. The van der Waals surface area contributed by atoms with Crippen molar-refractivity contribution in [1.82, 2.24) is 9.55 Å². The fourth-order valence-corrected chi connectivity index (χ4v) is 2.43. The quantitative estimate of drug-likeness (QED) is 0.737. The highest BCUT2D eigenvalue weighted by molar-refractivity contribution is 5.81. The minimum Gasteiger partial charge on any atom is -0.369 e. The Kier molecular flexibility index (Phi) is 2.71. The van der Waals surface area contributed by atoms with Crippen LogP contribution in [0, 0.1) is 25.5 Å². The van der Waals surface area contributed by atoms with Gasteiger partial charge in [-0.25, -0.2) is 13.8 Å². The van der Waals surface area contributed by atoms with Gasteiger partial charge in [0.2, 0.25) is 5.95 Å². The van der Waals surface area contributed by atoms with Gasteiger partial charge in [-0.05, 0) is 25.5 Å². The van der Waals surface area contributed by atoms with Crippen molar-refractivity contribution in [3.05, 3.63) is 53.1 Å². The summed E-state index contributed by atoms with van der Waals surface area (Å²) >= 11 is 0. The van der Waals surface area contributed by atoms with E-state index in [2.05, 4.69) is 4.98 Å². The number of benzene rings is 2. The van der Waals surface area contributed by atoms with Crippen molar-refractivity contribution in [2.45, 2.75) is 13.8 Å². The second kappa shape index (κ2) is 4.30. The van der Waals surface area contributed by atoms with Crippen molar-refractivity contribution in [2.75, 3.05) is 5.73 Å². The summed E-state index contributed by atoms with van der Waals surface area (Å²) < 4.78 is 28.8. The smallest absolute Gasteiger partial charge is 0.206 e. The van der Waals surface area contributed by atoms with Gasteiger partial charge in [-0.15, -0.1) is 0 Å². The van der Waals surface area contributed by atoms with Crippen molar-refractivity contribution in [3.63, 3.8) is 0 Å². The molecule has 5 heteroatoms. The third-order valence-corrected chi connectivity index (χ3v) is 3.30. The predicted octanol–water partition coefficient (Wildman–Crippen LogP) is 3.50. The van der Waals surface area contributed by atoms with Crippen molar-refractivity contribution in [3.8, 4) is 5.69 Å². The van der Waals surface area contributed by atoms with E-state index in [4.69, 9.17) is 5.73 Å². The Morgan fingerprint density at radius 3 is 2.55 bits per heavy atom. The van der Waals surface area contributed by atoms with Crippen molar-refractivity contribution in [2.24, 2.45) is 0 Å². The lowest BCUT2D eigenvalue weighted by molar-refractivity contribution is 0.590. The van der Waals surface area contributed by atoms with Crippen LogP contribution < -0.4 is 5.73 Å². The number of imidazole rings is 1. The van der Waals surface area contributed by atoms with Gasteiger partial charge in [-0.3, -0.25) is 4.57 Å². The number of anilines is 1. The summed E-state index contributed by atoms with van der Waals surface area (Å²) in [4.78, 5) is 3.99. The lowest BCUT2D eigenvalue weighted by Gasteiger charge is -2.10. The molecule has 1 aromatic heterocycles. The van der Waals surface area contributed by atoms with Crippen LogP contribution >= 0.6 is 0 Å². The maximum Gasteiger partial charge on any atom is 0.206 e. The first-order chi connectivity index (χ1) is 9.47. The van der Waals surface area contributed by atoms with E-state index in [0.29, 0.717) is 5.52 Å². The number of aryl methyl sites for hydroxylation is 2. The van der Waals surface area contributed by atoms with Crippen LogP contribution in [0.4, 0.5) is 14.7 Å². The summed E-state index contributed by atoms with van der Waals surface area (Å²) in [5.41, 5.74) is 9.10. The van der Waals surface area contributed by atoms with Gasteiger partial charge < -0.3 is 5.73 Å². The molecule has 20 heavy (non-hydrogen) atoms. The number of fused-ring (bicyclic) bond motifs is 1. The lowest BCUT2D eigenvalue weighted by atomic mass is 10.1. The average Bonchev–Trinajstić information content (AvgIpc) is 2.67. The summed E-state index contributed by atoms with van der Waals surface area (Å²) in [5, 5.41) is 0. The second-order valence-corrected chi connectivity index (χ2v) is 4.85.